The molecule has 0 bridgehead atoms. The van der Waals surface area contributed by atoms with Crippen LogP contribution in [-0.4, -0.2) is 25.1 Å². The van der Waals surface area contributed by atoms with Crippen LogP contribution in [0.3, 0.4) is 0 Å². The minimum Gasteiger partial charge on any atom is -0.301 e. The lowest BCUT2D eigenvalue weighted by molar-refractivity contribution is -0.571. The van der Waals surface area contributed by atoms with Crippen LogP contribution in [-0.2, 0) is 12.8 Å². The van der Waals surface area contributed by atoms with Gasteiger partial charge in [0.05, 0.1) is 11.9 Å². The lowest BCUT2D eigenvalue weighted by atomic mass is 10.1. The summed E-state index contributed by atoms with van der Waals surface area (Å²) in [6, 6.07) is 0. The zero-order valence-electron chi connectivity index (χ0n) is 11.5. The van der Waals surface area contributed by atoms with Gasteiger partial charge in [-0.1, -0.05) is 0 Å². The number of aryl methyl sites for hydroxylation is 3. The van der Waals surface area contributed by atoms with Crippen LogP contribution in [0.4, 0.5) is 0 Å². The molecule has 0 fully saturated rings. The molecule has 0 saturated carbocycles. The van der Waals surface area contributed by atoms with Crippen LogP contribution in [0.25, 0.3) is 17.0 Å². The van der Waals surface area contributed by atoms with Gasteiger partial charge < -0.3 is 4.98 Å². The number of nitrogens with one attached hydrogen (secondary N) is 1. The Labute approximate surface area is 115 Å². The highest BCUT2D eigenvalue weighted by Crippen LogP contribution is 2.25. The molecule has 1 N–H and O–H groups in total. The number of imidazole rings is 1. The highest BCUT2D eigenvalue weighted by Gasteiger charge is 2.26. The van der Waals surface area contributed by atoms with Gasteiger partial charge in [-0.2, -0.15) is 14.8 Å². The van der Waals surface area contributed by atoms with Crippen LogP contribution in [0.2, 0.25) is 0 Å². The van der Waals surface area contributed by atoms with E-state index >= 15 is 0 Å². The van der Waals surface area contributed by atoms with E-state index < -0.39 is 0 Å². The highest BCUT2D eigenvalue weighted by molar-refractivity contribution is 5.62. The molecule has 0 amide bonds. The van der Waals surface area contributed by atoms with Gasteiger partial charge in [0.15, 0.2) is 5.69 Å². The molecule has 0 saturated heterocycles. The fourth-order valence-electron chi connectivity index (χ4n) is 2.96. The van der Waals surface area contributed by atoms with Gasteiger partial charge in [-0.25, -0.2) is 4.98 Å². The van der Waals surface area contributed by atoms with Crippen LogP contribution in [0.1, 0.15) is 29.2 Å². The molecule has 0 aliphatic heterocycles. The summed E-state index contributed by atoms with van der Waals surface area (Å²) in [5.41, 5.74) is 6.12. The van der Waals surface area contributed by atoms with Gasteiger partial charge in [-0.05, 0) is 31.2 Å². The molecule has 3 aromatic heterocycles. The number of aromatic nitrogens is 6. The van der Waals surface area contributed by atoms with Gasteiger partial charge in [0.1, 0.15) is 11.9 Å². The monoisotopic (exact) mass is 267 g/mol. The Kier molecular flexibility index (Phi) is 2.33. The molecular weight excluding hydrogens is 252 g/mol. The first-order chi connectivity index (χ1) is 9.74. The van der Waals surface area contributed by atoms with E-state index in [0.717, 1.165) is 53.5 Å². The van der Waals surface area contributed by atoms with Crippen LogP contribution in [0, 0.1) is 13.8 Å². The number of H-pyrrole nitrogens is 1. The van der Waals surface area contributed by atoms with E-state index in [2.05, 4.69) is 29.7 Å². The van der Waals surface area contributed by atoms with E-state index in [0.29, 0.717) is 0 Å². The van der Waals surface area contributed by atoms with Crippen molar-refractivity contribution in [2.75, 3.05) is 0 Å². The third-order valence-electron chi connectivity index (χ3n) is 3.81. The van der Waals surface area contributed by atoms with Gasteiger partial charge in [0.25, 0.3) is 0 Å². The van der Waals surface area contributed by atoms with Crippen molar-refractivity contribution in [1.29, 1.82) is 0 Å². The predicted octanol–water partition coefficient (Wildman–Crippen LogP) is 1.13. The van der Waals surface area contributed by atoms with E-state index in [-0.39, 0.29) is 0 Å². The Hall–Kier alpha value is -2.37. The molecule has 3 heterocycles. The molecule has 1 aliphatic carbocycles. The van der Waals surface area contributed by atoms with Crippen LogP contribution in [0.15, 0.2) is 12.4 Å². The van der Waals surface area contributed by atoms with Gasteiger partial charge in [0.2, 0.25) is 11.5 Å². The lowest BCUT2D eigenvalue weighted by Crippen LogP contribution is -2.35. The van der Waals surface area contributed by atoms with Crippen molar-refractivity contribution in [2.45, 2.75) is 33.1 Å². The summed E-state index contributed by atoms with van der Waals surface area (Å²) in [6.07, 6.45) is 6.96. The molecule has 100 valence electrons. The molecule has 0 aromatic carbocycles. The van der Waals surface area contributed by atoms with E-state index in [9.17, 15) is 0 Å². The molecule has 3 aromatic rings. The highest BCUT2D eigenvalue weighted by atomic mass is 15.2. The quantitative estimate of drug-likeness (QED) is 0.671. The van der Waals surface area contributed by atoms with Crippen molar-refractivity contribution in [3.05, 3.63) is 35.2 Å². The Balaban J connectivity index is 2.07. The van der Waals surface area contributed by atoms with Crippen molar-refractivity contribution in [1.82, 2.24) is 25.1 Å². The number of nitrogens with zero attached hydrogens (tertiary/aromatic N) is 5. The molecule has 0 unspecified atom stereocenters. The van der Waals surface area contributed by atoms with Crippen molar-refractivity contribution in [3.63, 3.8) is 0 Å². The standard InChI is InChI=1S/C14H14N6/c1-8-12(10-4-3-5-11(10)19-18-8)20-7-6-15-13-14(20)17-9(2)16-13/h6-7H,3-5H2,1-2H3/p+1. The van der Waals surface area contributed by atoms with Gasteiger partial charge >= 0.3 is 5.65 Å². The first-order valence-electron chi connectivity index (χ1n) is 6.82. The second-order valence-corrected chi connectivity index (χ2v) is 5.20. The summed E-state index contributed by atoms with van der Waals surface area (Å²) in [4.78, 5) is 12.1. The van der Waals surface area contributed by atoms with Crippen molar-refractivity contribution < 1.29 is 4.57 Å². The normalized spacial score (nSPS) is 13.9. The van der Waals surface area contributed by atoms with Crippen molar-refractivity contribution in [2.24, 2.45) is 0 Å². The molecule has 6 nitrogen and oxygen atoms in total. The Morgan fingerprint density at radius 1 is 1.20 bits per heavy atom. The predicted molar refractivity (Wildman–Crippen MR) is 72.5 cm³/mol. The number of aromatic amines is 1. The number of fused-ring (bicyclic) bond motifs is 2. The molecular formula is C14H15N6+. The average molecular weight is 267 g/mol. The molecule has 6 heteroatoms. The van der Waals surface area contributed by atoms with Gasteiger partial charge in [0, 0.05) is 12.5 Å². The van der Waals surface area contributed by atoms with Crippen LogP contribution >= 0.6 is 0 Å². The zero-order valence-corrected chi connectivity index (χ0v) is 11.5. The minimum absolute atomic E-state index is 0.799. The molecule has 0 atom stereocenters. The average Bonchev–Trinajstić information content (AvgIpc) is 3.03. The molecule has 4 rings (SSSR count). The molecule has 0 spiro atoms. The fourth-order valence-corrected chi connectivity index (χ4v) is 2.96. The van der Waals surface area contributed by atoms with E-state index in [1.54, 1.807) is 6.20 Å². The summed E-state index contributed by atoms with van der Waals surface area (Å²) >= 11 is 0. The Morgan fingerprint density at radius 2 is 2.10 bits per heavy atom. The maximum absolute atomic E-state index is 4.55. The number of rotatable bonds is 1. The number of hydrogen-bond donors (Lipinski definition) is 1. The van der Waals surface area contributed by atoms with Crippen LogP contribution in [0.5, 0.6) is 0 Å². The Morgan fingerprint density at radius 3 is 3.00 bits per heavy atom. The molecule has 0 radical (unpaired) electrons. The largest absolute Gasteiger partial charge is 0.373 e. The summed E-state index contributed by atoms with van der Waals surface area (Å²) in [5.74, 6) is 0.865. The molecule has 20 heavy (non-hydrogen) atoms. The third-order valence-corrected chi connectivity index (χ3v) is 3.81. The number of hydrogen-bond acceptors (Lipinski definition) is 4. The first kappa shape index (κ1) is 11.5. The van der Waals surface area contributed by atoms with E-state index in [1.807, 2.05) is 20.0 Å². The van der Waals surface area contributed by atoms with Crippen LogP contribution < -0.4 is 4.57 Å². The van der Waals surface area contributed by atoms with Crippen molar-refractivity contribution in [3.8, 4) is 5.69 Å². The summed E-state index contributed by atoms with van der Waals surface area (Å²) in [7, 11) is 0. The smallest absolute Gasteiger partial charge is 0.301 e. The Bertz CT molecular complexity index is 820. The maximum Gasteiger partial charge on any atom is 0.373 e. The topological polar surface area (TPSA) is 71.2 Å². The first-order valence-corrected chi connectivity index (χ1v) is 6.82. The minimum atomic E-state index is 0.799. The summed E-state index contributed by atoms with van der Waals surface area (Å²) < 4.78 is 2.08. The SMILES string of the molecule is Cc1nc2c(ncc[n+]2-c2c(C)nnc3c2CCC3)[nH]1. The van der Waals surface area contributed by atoms with E-state index in [1.165, 1.54) is 5.56 Å². The maximum atomic E-state index is 4.55. The van der Waals surface area contributed by atoms with Gasteiger partial charge in [-0.15, -0.1) is 0 Å². The lowest BCUT2D eigenvalue weighted by Gasteiger charge is -2.07. The van der Waals surface area contributed by atoms with E-state index in [4.69, 9.17) is 0 Å². The summed E-state index contributed by atoms with van der Waals surface area (Å²) in [6.45, 7) is 3.94. The molecule has 1 aliphatic rings. The third kappa shape index (κ3) is 1.54. The zero-order chi connectivity index (χ0) is 13.7. The fraction of sp³-hybridized carbons (Fsp3) is 0.357. The second-order valence-electron chi connectivity index (χ2n) is 5.20. The summed E-state index contributed by atoms with van der Waals surface area (Å²) in [5, 5.41) is 8.63. The second kappa shape index (κ2) is 4.06. The van der Waals surface area contributed by atoms with Crippen molar-refractivity contribution >= 4 is 11.3 Å². The van der Waals surface area contributed by atoms with Gasteiger partial charge in [-0.3, -0.25) is 0 Å².